The number of hydrogen-bond donors (Lipinski definition) is 2. The average molecular weight is 739 g/mol. The van der Waals surface area contributed by atoms with Gasteiger partial charge in [-0.3, -0.25) is 9.52 Å². The zero-order valence-electron chi connectivity index (χ0n) is 30.1. The van der Waals surface area contributed by atoms with Crippen LogP contribution in [0.3, 0.4) is 0 Å². The van der Waals surface area contributed by atoms with Crippen LogP contribution in [0.2, 0.25) is 5.02 Å². The van der Waals surface area contributed by atoms with Gasteiger partial charge in [0, 0.05) is 49.4 Å². The lowest BCUT2D eigenvalue weighted by Crippen LogP contribution is -2.57. The fourth-order valence-corrected chi connectivity index (χ4v) is 11.0. The largest absolute Gasteiger partial charge is 0.490 e. The molecular formula is C39H51ClN4O6S. The molecular weight excluding hydrogens is 688 g/mol. The molecule has 2 aromatic carbocycles. The van der Waals surface area contributed by atoms with E-state index in [0.29, 0.717) is 49.0 Å². The summed E-state index contributed by atoms with van der Waals surface area (Å²) in [5, 5.41) is 3.64. The Morgan fingerprint density at radius 1 is 1.16 bits per heavy atom. The Kier molecular flexibility index (Phi) is 10.2. The highest BCUT2D eigenvalue weighted by Crippen LogP contribution is 2.47. The van der Waals surface area contributed by atoms with Crippen molar-refractivity contribution in [1.29, 1.82) is 0 Å². The maximum Gasteiger partial charge on any atom is 0.327 e. The molecule has 0 radical (unpaired) electrons. The summed E-state index contributed by atoms with van der Waals surface area (Å²) in [6, 6.07) is 10.9. The number of allylic oxidation sites excluding steroid dienone is 1. The molecule has 10 nitrogen and oxygen atoms in total. The molecule has 0 saturated heterocycles. The van der Waals surface area contributed by atoms with Gasteiger partial charge in [0.05, 0.1) is 29.8 Å². The van der Waals surface area contributed by atoms with Crippen LogP contribution >= 0.6 is 11.6 Å². The lowest BCUT2D eigenvalue weighted by Gasteiger charge is -2.46. The summed E-state index contributed by atoms with van der Waals surface area (Å²) >= 11 is 6.46. The van der Waals surface area contributed by atoms with Crippen LogP contribution in [0.1, 0.15) is 80.3 Å². The molecule has 7 rings (SSSR count). The molecule has 2 N–H and O–H groups in total. The van der Waals surface area contributed by atoms with E-state index < -0.39 is 21.9 Å². The minimum Gasteiger partial charge on any atom is -0.490 e. The molecule has 6 atom stereocenters. The Labute approximate surface area is 307 Å². The first-order valence-corrected chi connectivity index (χ1v) is 20.4. The summed E-state index contributed by atoms with van der Waals surface area (Å²) < 4.78 is 39.6. The molecule has 276 valence electrons. The number of halogens is 1. The van der Waals surface area contributed by atoms with Gasteiger partial charge in [-0.25, -0.2) is 9.00 Å². The van der Waals surface area contributed by atoms with E-state index in [0.717, 1.165) is 55.9 Å². The molecule has 2 bridgehead atoms. The van der Waals surface area contributed by atoms with Gasteiger partial charge in [0.25, 0.3) is 5.91 Å². The van der Waals surface area contributed by atoms with E-state index in [1.54, 1.807) is 20.3 Å². The van der Waals surface area contributed by atoms with Crippen LogP contribution in [-0.2, 0) is 31.2 Å². The SMILES string of the molecule is CO[C@H]1/C=C/C[C@H](C)CS(=O)(NC(=O)N[C@H]2C[C@](C)(OC)C2)=NC(=O)c2ccc3c(c2)N(C[C@@H]2CC[C@H]21)C[C@@]1(CCCc2cc(Cl)ccc21)CO3. The molecule has 12 heteroatoms. The third-order valence-corrected chi connectivity index (χ3v) is 14.2. The number of nitrogens with zero attached hydrogens (tertiary/aromatic N) is 2. The van der Waals surface area contributed by atoms with E-state index in [1.807, 2.05) is 32.0 Å². The molecule has 1 spiro atoms. The van der Waals surface area contributed by atoms with E-state index in [-0.39, 0.29) is 34.8 Å². The topological polar surface area (TPSA) is 119 Å². The molecule has 0 aromatic heterocycles. The summed E-state index contributed by atoms with van der Waals surface area (Å²) in [7, 11) is -0.0719. The maximum absolute atomic E-state index is 14.5. The molecule has 5 aliphatic rings. The number of hydrogen-bond acceptors (Lipinski definition) is 7. The van der Waals surface area contributed by atoms with Crippen LogP contribution in [-0.4, -0.2) is 73.6 Å². The number of nitrogens with one attached hydrogen (secondary N) is 2. The van der Waals surface area contributed by atoms with Crippen molar-refractivity contribution < 1.29 is 28.0 Å². The van der Waals surface area contributed by atoms with Crippen LogP contribution < -0.4 is 19.7 Å². The van der Waals surface area contributed by atoms with Crippen molar-refractivity contribution in [2.75, 3.05) is 44.6 Å². The van der Waals surface area contributed by atoms with Gasteiger partial charge in [0.2, 0.25) is 0 Å². The van der Waals surface area contributed by atoms with Crippen molar-refractivity contribution in [3.05, 3.63) is 70.3 Å². The highest BCUT2D eigenvalue weighted by molar-refractivity contribution is 7.92. The number of methoxy groups -OCH3 is 2. The number of anilines is 1. The minimum atomic E-state index is -3.50. The standard InChI is InChI=1S/C39H51ClN4O6S/c1-25-7-5-9-34(48-3)31-13-10-28(31)21-44-23-39(16-6-8-26-17-29(40)12-14-32(26)39)24-50-35-15-11-27(18-33(35)44)36(45)42-51(47,22-25)43-37(46)41-30-19-38(2,20-30)49-4/h5,9,11-12,14-15,17-18,25,28,30-31,34H,6-8,10,13,16,19-24H2,1-4H3,(H2,41,42,43,45,46,47)/b9-5+/t25-,28-,30-,31+,34-,38-,39-,51?/m0/s1. The predicted octanol–water partition coefficient (Wildman–Crippen LogP) is 6.84. The quantitative estimate of drug-likeness (QED) is 0.330. The highest BCUT2D eigenvalue weighted by Gasteiger charge is 2.45. The number of carbonyl (C=O) groups is 2. The second kappa shape index (κ2) is 14.4. The monoisotopic (exact) mass is 738 g/mol. The van der Waals surface area contributed by atoms with Gasteiger partial charge in [-0.05, 0) is 118 Å². The summed E-state index contributed by atoms with van der Waals surface area (Å²) in [6.07, 6.45) is 11.2. The lowest BCUT2D eigenvalue weighted by molar-refractivity contribution is -0.0719. The van der Waals surface area contributed by atoms with E-state index in [4.69, 9.17) is 25.8 Å². The van der Waals surface area contributed by atoms with E-state index >= 15 is 0 Å². The predicted molar refractivity (Wildman–Crippen MR) is 200 cm³/mol. The molecule has 2 aliphatic heterocycles. The maximum atomic E-state index is 14.5. The fraction of sp³-hybridized carbons (Fsp3) is 0.590. The minimum absolute atomic E-state index is 0.0206. The Balaban J connectivity index is 1.25. The summed E-state index contributed by atoms with van der Waals surface area (Å²) in [5.74, 6) is 0.702. The van der Waals surface area contributed by atoms with Crippen molar-refractivity contribution in [2.45, 2.75) is 88.4 Å². The summed E-state index contributed by atoms with van der Waals surface area (Å²) in [6.45, 7) is 5.97. The van der Waals surface area contributed by atoms with Gasteiger partial charge in [0.1, 0.15) is 15.7 Å². The van der Waals surface area contributed by atoms with Crippen LogP contribution in [0.15, 0.2) is 52.9 Å². The Bertz CT molecular complexity index is 1820. The number of ether oxygens (including phenoxy) is 3. The van der Waals surface area contributed by atoms with Crippen LogP contribution in [0.5, 0.6) is 5.75 Å². The Morgan fingerprint density at radius 2 is 1.98 bits per heavy atom. The number of rotatable bonds is 4. The summed E-state index contributed by atoms with van der Waals surface area (Å²) in [5.41, 5.74) is 3.13. The van der Waals surface area contributed by atoms with Gasteiger partial charge in [-0.15, -0.1) is 4.36 Å². The number of benzene rings is 2. The number of urea groups is 1. The first-order valence-electron chi connectivity index (χ1n) is 18.3. The van der Waals surface area contributed by atoms with Gasteiger partial charge >= 0.3 is 6.03 Å². The molecule has 2 heterocycles. The lowest BCUT2D eigenvalue weighted by atomic mass is 9.68. The first-order chi connectivity index (χ1) is 24.4. The Morgan fingerprint density at radius 3 is 2.73 bits per heavy atom. The molecule has 2 fully saturated rings. The van der Waals surface area contributed by atoms with E-state index in [9.17, 15) is 13.8 Å². The van der Waals surface area contributed by atoms with Gasteiger partial charge in [-0.1, -0.05) is 36.7 Å². The Hall–Kier alpha value is -3.12. The number of amides is 3. The van der Waals surface area contributed by atoms with Crippen molar-refractivity contribution in [3.8, 4) is 5.75 Å². The van der Waals surface area contributed by atoms with E-state index in [1.165, 1.54) is 11.1 Å². The normalized spacial score (nSPS) is 35.4. The highest BCUT2D eigenvalue weighted by atomic mass is 35.5. The third kappa shape index (κ3) is 7.54. The van der Waals surface area contributed by atoms with E-state index in [2.05, 4.69) is 43.6 Å². The van der Waals surface area contributed by atoms with Crippen molar-refractivity contribution in [1.82, 2.24) is 10.0 Å². The zero-order valence-corrected chi connectivity index (χ0v) is 31.7. The molecule has 51 heavy (non-hydrogen) atoms. The van der Waals surface area contributed by atoms with Gasteiger partial charge in [0.15, 0.2) is 0 Å². The number of aryl methyl sites for hydroxylation is 1. The van der Waals surface area contributed by atoms with Crippen LogP contribution in [0.25, 0.3) is 0 Å². The zero-order chi connectivity index (χ0) is 36.0. The average Bonchev–Trinajstić information content (AvgIpc) is 3.21. The first kappa shape index (κ1) is 36.2. The molecule has 3 aliphatic carbocycles. The van der Waals surface area contributed by atoms with Crippen molar-refractivity contribution >= 4 is 39.1 Å². The van der Waals surface area contributed by atoms with Gasteiger partial charge in [-0.2, -0.15) is 0 Å². The van der Waals surface area contributed by atoms with Crippen LogP contribution in [0.4, 0.5) is 10.5 Å². The molecule has 2 saturated carbocycles. The van der Waals surface area contributed by atoms with Crippen molar-refractivity contribution in [3.63, 3.8) is 0 Å². The number of carbonyl (C=O) groups excluding carboxylic acids is 2. The third-order valence-electron chi connectivity index (χ3n) is 12.0. The van der Waals surface area contributed by atoms with Crippen LogP contribution in [0, 0.1) is 17.8 Å². The second-order valence-electron chi connectivity index (χ2n) is 15.8. The smallest absolute Gasteiger partial charge is 0.327 e. The van der Waals surface area contributed by atoms with Gasteiger partial charge < -0.3 is 24.4 Å². The fourth-order valence-electron chi connectivity index (χ4n) is 8.98. The molecule has 3 amide bonds. The molecule has 2 aromatic rings. The molecule has 1 unspecified atom stereocenters. The number of fused-ring (bicyclic) bond motifs is 4. The van der Waals surface area contributed by atoms with Crippen molar-refractivity contribution in [2.24, 2.45) is 22.1 Å². The second-order valence-corrected chi connectivity index (χ2v) is 18.2. The summed E-state index contributed by atoms with van der Waals surface area (Å²) in [4.78, 5) is 29.5.